The average molecular weight is 273 g/mol. The van der Waals surface area contributed by atoms with Gasteiger partial charge in [0.15, 0.2) is 0 Å². The van der Waals surface area contributed by atoms with E-state index in [1.165, 1.54) is 6.07 Å². The molecule has 0 unspecified atom stereocenters. The fourth-order valence-electron chi connectivity index (χ4n) is 1.40. The molecule has 0 radical (unpaired) electrons. The molecule has 0 amide bonds. The number of benzene rings is 1. The monoisotopic (exact) mass is 273 g/mol. The van der Waals surface area contributed by atoms with Crippen molar-refractivity contribution in [3.05, 3.63) is 35.9 Å². The minimum Gasteiger partial charge on any atom is -0.507 e. The minimum atomic E-state index is -4.72. The smallest absolute Gasteiger partial charge is 0.468 e. The van der Waals surface area contributed by atoms with E-state index < -0.39 is 29.3 Å². The predicted octanol–water partition coefficient (Wildman–Crippen LogP) is 2.76. The van der Waals surface area contributed by atoms with E-state index in [4.69, 9.17) is 5.11 Å². The summed E-state index contributed by atoms with van der Waals surface area (Å²) < 4.78 is 41.2. The summed E-state index contributed by atoms with van der Waals surface area (Å²) in [4.78, 5) is 14.0. The van der Waals surface area contributed by atoms with Gasteiger partial charge in [-0.2, -0.15) is 13.2 Å². The second kappa shape index (κ2) is 4.30. The van der Waals surface area contributed by atoms with Crippen LogP contribution in [-0.2, 0) is 6.18 Å². The summed E-state index contributed by atoms with van der Waals surface area (Å²) in [7, 11) is 0. The number of carbonyl (C=O) groups is 1. The highest BCUT2D eigenvalue weighted by atomic mass is 19.4. The van der Waals surface area contributed by atoms with E-state index in [2.05, 4.69) is 9.40 Å². The molecule has 100 valence electrons. The molecule has 0 fully saturated rings. The molecule has 8 heteroatoms. The first-order valence-corrected chi connectivity index (χ1v) is 4.88. The highest BCUT2D eigenvalue weighted by molar-refractivity contribution is 5.92. The molecule has 0 spiro atoms. The van der Waals surface area contributed by atoms with Crippen LogP contribution in [0.3, 0.4) is 0 Å². The number of oxazole rings is 1. The lowest BCUT2D eigenvalue weighted by Gasteiger charge is -2.02. The quantitative estimate of drug-likeness (QED) is 0.878. The molecule has 2 aromatic rings. The van der Waals surface area contributed by atoms with Gasteiger partial charge >= 0.3 is 18.0 Å². The van der Waals surface area contributed by atoms with Crippen LogP contribution in [0.2, 0.25) is 0 Å². The lowest BCUT2D eigenvalue weighted by Crippen LogP contribution is -2.04. The van der Waals surface area contributed by atoms with Crippen LogP contribution >= 0.6 is 0 Å². The predicted molar refractivity (Wildman–Crippen MR) is 55.6 cm³/mol. The highest BCUT2D eigenvalue weighted by Gasteiger charge is 2.37. The Kier molecular flexibility index (Phi) is 2.93. The Morgan fingerprint density at radius 3 is 2.53 bits per heavy atom. The van der Waals surface area contributed by atoms with Crippen LogP contribution in [0.15, 0.2) is 28.9 Å². The van der Waals surface area contributed by atoms with Crippen molar-refractivity contribution in [2.24, 2.45) is 0 Å². The van der Waals surface area contributed by atoms with Crippen molar-refractivity contribution in [3.8, 4) is 17.0 Å². The molecule has 5 nitrogen and oxygen atoms in total. The van der Waals surface area contributed by atoms with Crippen molar-refractivity contribution in [2.75, 3.05) is 0 Å². The van der Waals surface area contributed by atoms with E-state index >= 15 is 0 Å². The lowest BCUT2D eigenvalue weighted by molar-refractivity contribution is -0.157. The Balaban J connectivity index is 2.45. The number of hydrogen-bond acceptors (Lipinski definition) is 4. The van der Waals surface area contributed by atoms with Gasteiger partial charge in [-0.1, -0.05) is 0 Å². The van der Waals surface area contributed by atoms with E-state index in [-0.39, 0.29) is 11.3 Å². The standard InChI is InChI=1S/C11H6F3NO4/c12-11(13,14)10-15-7(4-19-10)5-1-2-8(16)6(3-5)9(17)18/h1-4,16H,(H,17,18). The maximum atomic E-state index is 12.3. The van der Waals surface area contributed by atoms with Crippen LogP contribution in [0.4, 0.5) is 13.2 Å². The summed E-state index contributed by atoms with van der Waals surface area (Å²) in [5, 5.41) is 18.1. The Morgan fingerprint density at radius 2 is 2.00 bits per heavy atom. The summed E-state index contributed by atoms with van der Waals surface area (Å²) >= 11 is 0. The van der Waals surface area contributed by atoms with Crippen LogP contribution in [0.25, 0.3) is 11.3 Å². The first kappa shape index (κ1) is 12.9. The van der Waals surface area contributed by atoms with E-state index in [0.29, 0.717) is 0 Å². The number of aromatic carboxylic acids is 1. The van der Waals surface area contributed by atoms with Crippen LogP contribution in [-0.4, -0.2) is 21.2 Å². The molecule has 19 heavy (non-hydrogen) atoms. The van der Waals surface area contributed by atoms with Crippen LogP contribution in [0.5, 0.6) is 5.75 Å². The minimum absolute atomic E-state index is 0.0921. The number of hydrogen-bond donors (Lipinski definition) is 2. The molecule has 1 aromatic carbocycles. The molecule has 1 heterocycles. The first-order valence-electron chi connectivity index (χ1n) is 4.88. The Labute approximate surface area is 103 Å². The van der Waals surface area contributed by atoms with Crippen LogP contribution < -0.4 is 0 Å². The normalized spacial score (nSPS) is 11.5. The molecule has 0 aliphatic rings. The van der Waals surface area contributed by atoms with Crippen LogP contribution in [0, 0.1) is 0 Å². The van der Waals surface area contributed by atoms with Crippen molar-refractivity contribution >= 4 is 5.97 Å². The van der Waals surface area contributed by atoms with Gasteiger partial charge in [-0.3, -0.25) is 0 Å². The lowest BCUT2D eigenvalue weighted by atomic mass is 10.1. The van der Waals surface area contributed by atoms with Gasteiger partial charge in [-0.25, -0.2) is 9.78 Å². The zero-order chi connectivity index (χ0) is 14.2. The number of carboxylic acids is 1. The van der Waals surface area contributed by atoms with E-state index in [9.17, 15) is 23.1 Å². The molecule has 0 aliphatic heterocycles. The van der Waals surface area contributed by atoms with Gasteiger partial charge in [0.1, 0.15) is 23.3 Å². The van der Waals surface area contributed by atoms with Crippen molar-refractivity contribution in [1.82, 2.24) is 4.98 Å². The summed E-state index contributed by atoms with van der Waals surface area (Å²) in [5.41, 5.74) is -0.515. The van der Waals surface area contributed by atoms with Gasteiger partial charge in [0.05, 0.1) is 0 Å². The molecule has 0 atom stereocenters. The Bertz CT molecular complexity index is 633. The molecular weight excluding hydrogens is 267 g/mol. The van der Waals surface area contributed by atoms with E-state index in [1.54, 1.807) is 0 Å². The van der Waals surface area contributed by atoms with Gasteiger partial charge in [0, 0.05) is 5.56 Å². The number of halogens is 3. The molecule has 0 bridgehead atoms. The number of alkyl halides is 3. The van der Waals surface area contributed by atoms with E-state index in [0.717, 1.165) is 18.4 Å². The maximum absolute atomic E-state index is 12.3. The first-order chi connectivity index (χ1) is 8.79. The average Bonchev–Trinajstić information content (AvgIpc) is 2.78. The zero-order valence-corrected chi connectivity index (χ0v) is 9.10. The van der Waals surface area contributed by atoms with Crippen molar-refractivity contribution in [1.29, 1.82) is 0 Å². The third-order valence-electron chi connectivity index (χ3n) is 2.27. The molecule has 0 aliphatic carbocycles. The summed E-state index contributed by atoms with van der Waals surface area (Å²) in [6.45, 7) is 0. The second-order valence-corrected chi connectivity index (χ2v) is 3.57. The third-order valence-corrected chi connectivity index (χ3v) is 2.27. The number of phenols is 1. The van der Waals surface area contributed by atoms with Gasteiger partial charge in [0.2, 0.25) is 0 Å². The maximum Gasteiger partial charge on any atom is 0.468 e. The van der Waals surface area contributed by atoms with E-state index in [1.807, 2.05) is 0 Å². The van der Waals surface area contributed by atoms with Crippen molar-refractivity contribution < 1.29 is 32.6 Å². The molecule has 2 N–H and O–H groups in total. The van der Waals surface area contributed by atoms with Gasteiger partial charge in [0.25, 0.3) is 0 Å². The molecule has 0 saturated heterocycles. The molecular formula is C11H6F3NO4. The second-order valence-electron chi connectivity index (χ2n) is 3.57. The number of nitrogens with zero attached hydrogens (tertiary/aromatic N) is 1. The van der Waals surface area contributed by atoms with Crippen LogP contribution in [0.1, 0.15) is 16.2 Å². The summed E-state index contributed by atoms with van der Waals surface area (Å²) in [6, 6.07) is 3.30. The van der Waals surface area contributed by atoms with Gasteiger partial charge in [-0.15, -0.1) is 0 Å². The summed E-state index contributed by atoms with van der Waals surface area (Å²) in [6.07, 6.45) is -3.95. The number of rotatable bonds is 2. The SMILES string of the molecule is O=C(O)c1cc(-c2coc(C(F)(F)F)n2)ccc1O. The largest absolute Gasteiger partial charge is 0.507 e. The highest BCUT2D eigenvalue weighted by Crippen LogP contribution is 2.32. The number of aromatic hydroxyl groups is 1. The van der Waals surface area contributed by atoms with Gasteiger partial charge < -0.3 is 14.6 Å². The molecule has 2 rings (SSSR count). The Morgan fingerprint density at radius 1 is 1.32 bits per heavy atom. The fraction of sp³-hybridized carbons (Fsp3) is 0.0909. The number of aromatic nitrogens is 1. The fourth-order valence-corrected chi connectivity index (χ4v) is 1.40. The summed E-state index contributed by atoms with van der Waals surface area (Å²) in [5.74, 6) is -3.32. The molecule has 0 saturated carbocycles. The van der Waals surface area contributed by atoms with Crippen molar-refractivity contribution in [2.45, 2.75) is 6.18 Å². The zero-order valence-electron chi connectivity index (χ0n) is 9.10. The Hall–Kier alpha value is -2.51. The molecule has 1 aromatic heterocycles. The number of carboxylic acid groups (broad SMARTS) is 1. The van der Waals surface area contributed by atoms with Gasteiger partial charge in [-0.05, 0) is 18.2 Å². The third kappa shape index (κ3) is 2.51. The topological polar surface area (TPSA) is 83.6 Å². The van der Waals surface area contributed by atoms with Crippen molar-refractivity contribution in [3.63, 3.8) is 0 Å².